The van der Waals surface area contributed by atoms with E-state index in [1.165, 1.54) is 47.4 Å². The van der Waals surface area contributed by atoms with Crippen LogP contribution in [0.2, 0.25) is 5.02 Å². The van der Waals surface area contributed by atoms with Crippen molar-refractivity contribution in [1.82, 2.24) is 10.2 Å². The zero-order valence-corrected chi connectivity index (χ0v) is 26.4. The molecule has 0 heterocycles. The Morgan fingerprint density at radius 1 is 0.864 bits per heavy atom. The number of benzene rings is 4. The summed E-state index contributed by atoms with van der Waals surface area (Å²) in [6.45, 7) is 4.76. The highest BCUT2D eigenvalue weighted by Gasteiger charge is 2.35. The molecule has 0 aliphatic carbocycles. The molecule has 0 aliphatic rings. The molecule has 0 aliphatic heterocycles. The van der Waals surface area contributed by atoms with Gasteiger partial charge in [0.05, 0.1) is 10.6 Å². The Labute approximate surface area is 263 Å². The molecule has 0 bridgehead atoms. The highest BCUT2D eigenvalue weighted by Crippen LogP contribution is 2.29. The lowest BCUT2D eigenvalue weighted by molar-refractivity contribution is -0.140. The first-order valence-electron chi connectivity index (χ1n) is 14.2. The first-order valence-corrected chi connectivity index (χ1v) is 16.0. The van der Waals surface area contributed by atoms with E-state index in [0.717, 1.165) is 15.4 Å². The molecular weight excluding hydrogens is 601 g/mol. The molecule has 1 N–H and O–H groups in total. The lowest BCUT2D eigenvalue weighted by atomic mass is 10.0. The topological polar surface area (TPSA) is 86.8 Å². The van der Waals surface area contributed by atoms with Gasteiger partial charge in [0.25, 0.3) is 10.0 Å². The van der Waals surface area contributed by atoms with Gasteiger partial charge in [-0.15, -0.1) is 0 Å². The van der Waals surface area contributed by atoms with Crippen LogP contribution in [0.25, 0.3) is 0 Å². The third kappa shape index (κ3) is 8.24. The lowest BCUT2D eigenvalue weighted by Crippen LogP contribution is -2.54. The first kappa shape index (κ1) is 32.7. The number of hydrogen-bond acceptors (Lipinski definition) is 4. The third-order valence-electron chi connectivity index (χ3n) is 7.02. The smallest absolute Gasteiger partial charge is 0.264 e. The van der Waals surface area contributed by atoms with Crippen molar-refractivity contribution in [3.8, 4) is 0 Å². The molecule has 0 aromatic heterocycles. The number of amides is 2. The molecule has 0 saturated heterocycles. The monoisotopic (exact) mass is 635 g/mol. The maximum atomic E-state index is 14.4. The minimum absolute atomic E-state index is 0.00651. The van der Waals surface area contributed by atoms with Crippen molar-refractivity contribution in [3.05, 3.63) is 131 Å². The third-order valence-corrected chi connectivity index (χ3v) is 9.22. The van der Waals surface area contributed by atoms with Crippen LogP contribution in [0.5, 0.6) is 0 Å². The minimum Gasteiger partial charge on any atom is -0.352 e. The van der Waals surface area contributed by atoms with Gasteiger partial charge in [0.2, 0.25) is 11.8 Å². The van der Waals surface area contributed by atoms with Gasteiger partial charge in [-0.2, -0.15) is 0 Å². The standard InChI is InChI=1S/C34H35ClFN3O4S/c1-24(2)37-34(41)32(20-26-10-6-4-7-11-26)38(22-27-15-17-28(36)18-16-27)33(40)23-39(29-19-14-25(3)31(35)21-29)44(42,43)30-12-8-5-9-13-30/h4-19,21,24,32H,20,22-23H2,1-3H3,(H,37,41)/t32-/m0/s1. The molecule has 0 saturated carbocycles. The number of carbonyl (C=O) groups excluding carboxylic acids is 2. The predicted molar refractivity (Wildman–Crippen MR) is 171 cm³/mol. The highest BCUT2D eigenvalue weighted by molar-refractivity contribution is 7.92. The van der Waals surface area contributed by atoms with Gasteiger partial charge in [-0.25, -0.2) is 12.8 Å². The van der Waals surface area contributed by atoms with Gasteiger partial charge >= 0.3 is 0 Å². The SMILES string of the molecule is Cc1ccc(N(CC(=O)N(Cc2ccc(F)cc2)[C@@H](Cc2ccccc2)C(=O)NC(C)C)S(=O)(=O)c2ccccc2)cc1Cl. The Morgan fingerprint density at radius 2 is 1.48 bits per heavy atom. The number of carbonyl (C=O) groups is 2. The van der Waals surface area contributed by atoms with Crippen LogP contribution in [-0.2, 0) is 32.6 Å². The maximum Gasteiger partial charge on any atom is 0.264 e. The Balaban J connectivity index is 1.81. The second-order valence-electron chi connectivity index (χ2n) is 10.8. The molecular formula is C34H35ClFN3O4S. The lowest BCUT2D eigenvalue weighted by Gasteiger charge is -2.34. The summed E-state index contributed by atoms with van der Waals surface area (Å²) in [5, 5.41) is 3.24. The molecule has 2 amide bonds. The Morgan fingerprint density at radius 3 is 2.07 bits per heavy atom. The number of halogens is 2. The van der Waals surface area contributed by atoms with Crippen LogP contribution in [-0.4, -0.2) is 43.8 Å². The number of rotatable bonds is 12. The van der Waals surface area contributed by atoms with E-state index in [9.17, 15) is 22.4 Å². The number of hydrogen-bond donors (Lipinski definition) is 1. The first-order chi connectivity index (χ1) is 21.0. The van der Waals surface area contributed by atoms with E-state index in [1.807, 2.05) is 44.2 Å². The molecule has 0 spiro atoms. The number of anilines is 1. The number of nitrogens with one attached hydrogen (secondary N) is 1. The number of sulfonamides is 1. The Kier molecular flexibility index (Phi) is 10.8. The Bertz CT molecular complexity index is 1690. The van der Waals surface area contributed by atoms with Crippen LogP contribution in [0.1, 0.15) is 30.5 Å². The van der Waals surface area contributed by atoms with Crippen LogP contribution in [0.3, 0.4) is 0 Å². The largest absolute Gasteiger partial charge is 0.352 e. The second kappa shape index (κ2) is 14.5. The summed E-state index contributed by atoms with van der Waals surface area (Å²) < 4.78 is 42.8. The summed E-state index contributed by atoms with van der Waals surface area (Å²) >= 11 is 6.40. The van der Waals surface area contributed by atoms with E-state index in [2.05, 4.69) is 5.32 Å². The maximum absolute atomic E-state index is 14.4. The molecule has 0 radical (unpaired) electrons. The fraction of sp³-hybridized carbons (Fsp3) is 0.235. The van der Waals surface area contributed by atoms with Crippen molar-refractivity contribution in [1.29, 1.82) is 0 Å². The van der Waals surface area contributed by atoms with Crippen LogP contribution in [0.15, 0.2) is 108 Å². The summed E-state index contributed by atoms with van der Waals surface area (Å²) in [7, 11) is -4.24. The van der Waals surface area contributed by atoms with E-state index in [-0.39, 0.29) is 29.6 Å². The summed E-state index contributed by atoms with van der Waals surface area (Å²) in [4.78, 5) is 29.4. The molecule has 44 heavy (non-hydrogen) atoms. The van der Waals surface area contributed by atoms with Crippen molar-refractivity contribution >= 4 is 39.1 Å². The Hall–Kier alpha value is -4.21. The van der Waals surface area contributed by atoms with E-state index >= 15 is 0 Å². The fourth-order valence-electron chi connectivity index (χ4n) is 4.71. The summed E-state index contributed by atoms with van der Waals surface area (Å²) in [5.41, 5.74) is 2.33. The van der Waals surface area contributed by atoms with Gasteiger partial charge < -0.3 is 10.2 Å². The molecule has 0 unspecified atom stereocenters. The van der Waals surface area contributed by atoms with Crippen molar-refractivity contribution < 1.29 is 22.4 Å². The number of nitrogens with zero attached hydrogens (tertiary/aromatic N) is 2. The van der Waals surface area contributed by atoms with Gasteiger partial charge in [-0.3, -0.25) is 13.9 Å². The highest BCUT2D eigenvalue weighted by atomic mass is 35.5. The quantitative estimate of drug-likeness (QED) is 0.202. The number of aryl methyl sites for hydroxylation is 1. The molecule has 230 valence electrons. The van der Waals surface area contributed by atoms with Crippen LogP contribution in [0, 0.1) is 12.7 Å². The molecule has 4 rings (SSSR count). The average molecular weight is 636 g/mol. The van der Waals surface area contributed by atoms with Gasteiger partial charge in [0.15, 0.2) is 0 Å². The van der Waals surface area contributed by atoms with Gasteiger partial charge in [0.1, 0.15) is 18.4 Å². The molecule has 4 aromatic rings. The minimum atomic E-state index is -4.24. The van der Waals surface area contributed by atoms with Crippen LogP contribution in [0.4, 0.5) is 10.1 Å². The van der Waals surface area contributed by atoms with Gasteiger partial charge in [0, 0.05) is 24.0 Å². The molecule has 4 aromatic carbocycles. The van der Waals surface area contributed by atoms with Gasteiger partial charge in [-0.05, 0) is 73.9 Å². The summed E-state index contributed by atoms with van der Waals surface area (Å²) in [6.07, 6.45) is 0.175. The zero-order chi connectivity index (χ0) is 31.9. The normalized spacial score (nSPS) is 12.0. The van der Waals surface area contributed by atoms with E-state index in [1.54, 1.807) is 37.3 Å². The van der Waals surface area contributed by atoms with Gasteiger partial charge in [-0.1, -0.05) is 78.3 Å². The van der Waals surface area contributed by atoms with Crippen molar-refractivity contribution in [2.24, 2.45) is 0 Å². The van der Waals surface area contributed by atoms with E-state index in [0.29, 0.717) is 10.6 Å². The predicted octanol–water partition coefficient (Wildman–Crippen LogP) is 6.15. The summed E-state index contributed by atoms with van der Waals surface area (Å²) in [6, 6.07) is 26.2. The average Bonchev–Trinajstić information content (AvgIpc) is 3.00. The molecule has 1 atom stereocenters. The zero-order valence-electron chi connectivity index (χ0n) is 24.8. The van der Waals surface area contributed by atoms with Crippen LogP contribution >= 0.6 is 11.6 Å². The van der Waals surface area contributed by atoms with Crippen molar-refractivity contribution in [2.45, 2.75) is 50.7 Å². The van der Waals surface area contributed by atoms with Crippen LogP contribution < -0.4 is 9.62 Å². The molecule has 10 heteroatoms. The molecule has 7 nitrogen and oxygen atoms in total. The second-order valence-corrected chi connectivity index (χ2v) is 13.0. The fourth-order valence-corrected chi connectivity index (χ4v) is 6.31. The van der Waals surface area contributed by atoms with E-state index in [4.69, 9.17) is 11.6 Å². The summed E-state index contributed by atoms with van der Waals surface area (Å²) in [5.74, 6) is -1.46. The van der Waals surface area contributed by atoms with Crippen molar-refractivity contribution in [3.63, 3.8) is 0 Å². The molecule has 0 fully saturated rings. The van der Waals surface area contributed by atoms with Crippen molar-refractivity contribution in [2.75, 3.05) is 10.8 Å². The van der Waals surface area contributed by atoms with E-state index < -0.39 is 40.2 Å².